The van der Waals surface area contributed by atoms with Gasteiger partial charge in [-0.05, 0) is 78.8 Å². The highest BCUT2D eigenvalue weighted by molar-refractivity contribution is 6.00. The first-order valence-corrected chi connectivity index (χ1v) is 16.0. The second kappa shape index (κ2) is 11.1. The number of aryl methyl sites for hydroxylation is 1. The van der Waals surface area contributed by atoms with Crippen LogP contribution in [-0.4, -0.2) is 67.7 Å². The molecule has 45 heavy (non-hydrogen) atoms. The van der Waals surface area contributed by atoms with Gasteiger partial charge in [0.25, 0.3) is 0 Å². The molecule has 1 unspecified atom stereocenters. The SMILES string of the molecule is Cc1ccnc(-c2ccc3c4c(ccc3n2)-c2c(C3CCCCC3)c3ccc(C(=O)O)nc3n2C(C(=O)N2CCOCC2)C4)c1. The minimum atomic E-state index is -1.07. The molecule has 1 amide bonds. The van der Waals surface area contributed by atoms with Gasteiger partial charge in [-0.2, -0.15) is 0 Å². The third kappa shape index (κ3) is 4.68. The van der Waals surface area contributed by atoms with Crippen molar-refractivity contribution in [2.45, 2.75) is 57.4 Å². The van der Waals surface area contributed by atoms with Gasteiger partial charge >= 0.3 is 5.97 Å². The maximum Gasteiger partial charge on any atom is 0.354 e. The molecular formula is C36H35N5O4. The number of aromatic carboxylic acids is 1. The fraction of sp³-hybridized carbons (Fsp3) is 0.361. The second-order valence-corrected chi connectivity index (χ2v) is 12.6. The van der Waals surface area contributed by atoms with Crippen LogP contribution in [0.1, 0.15) is 71.2 Å². The highest BCUT2D eigenvalue weighted by atomic mass is 16.5. The fourth-order valence-electron chi connectivity index (χ4n) is 7.71. The van der Waals surface area contributed by atoms with Crippen molar-refractivity contribution in [1.82, 2.24) is 24.4 Å². The summed E-state index contributed by atoms with van der Waals surface area (Å²) in [7, 11) is 0. The third-order valence-corrected chi connectivity index (χ3v) is 9.85. The summed E-state index contributed by atoms with van der Waals surface area (Å²) in [6, 6.07) is 15.3. The Balaban J connectivity index is 1.38. The third-order valence-electron chi connectivity index (χ3n) is 9.85. The van der Waals surface area contributed by atoms with Gasteiger partial charge in [-0.25, -0.2) is 14.8 Å². The Morgan fingerprint density at radius 2 is 1.71 bits per heavy atom. The summed E-state index contributed by atoms with van der Waals surface area (Å²) in [6.45, 7) is 4.12. The molecule has 4 aromatic heterocycles. The predicted molar refractivity (Wildman–Crippen MR) is 171 cm³/mol. The van der Waals surface area contributed by atoms with E-state index in [1.165, 1.54) is 12.0 Å². The van der Waals surface area contributed by atoms with E-state index in [9.17, 15) is 14.7 Å². The Labute approximate surface area is 260 Å². The number of fused-ring (bicyclic) bond motifs is 7. The van der Waals surface area contributed by atoms with Crippen molar-refractivity contribution in [3.8, 4) is 22.6 Å². The topological polar surface area (TPSA) is 110 Å². The monoisotopic (exact) mass is 601 g/mol. The number of hydrogen-bond donors (Lipinski definition) is 1. The Hall–Kier alpha value is -4.63. The minimum Gasteiger partial charge on any atom is -0.477 e. The van der Waals surface area contributed by atoms with Gasteiger partial charge in [-0.15, -0.1) is 0 Å². The number of aromatic nitrogens is 4. The van der Waals surface area contributed by atoms with E-state index in [2.05, 4.69) is 27.8 Å². The fourth-order valence-corrected chi connectivity index (χ4v) is 7.71. The summed E-state index contributed by atoms with van der Waals surface area (Å²) in [6.07, 6.45) is 7.91. The van der Waals surface area contributed by atoms with Gasteiger partial charge in [-0.1, -0.05) is 31.4 Å². The Morgan fingerprint density at radius 1 is 0.911 bits per heavy atom. The lowest BCUT2D eigenvalue weighted by Gasteiger charge is -2.35. The van der Waals surface area contributed by atoms with Gasteiger partial charge in [0.15, 0.2) is 5.69 Å². The average Bonchev–Trinajstić information content (AvgIpc) is 3.43. The molecule has 1 saturated heterocycles. The standard InChI is InChI=1S/C36H35N5O4/c1-21-13-14-37-30(19-21)28-11-7-23-26-20-31(35(42)40-15-17-45-18-16-40)41-33(24(26)8-10-27(23)38-28)32(22-5-3-2-4-6-22)25-9-12-29(36(43)44)39-34(25)41/h7-14,19,22,31H,2-6,15-18,20H2,1H3,(H,43,44). The quantitative estimate of drug-likeness (QED) is 0.257. The normalized spacial score (nSPS) is 18.6. The van der Waals surface area contributed by atoms with Gasteiger partial charge in [0.1, 0.15) is 11.7 Å². The maximum atomic E-state index is 14.5. The molecule has 1 N–H and O–H groups in total. The number of carbonyl (C=O) groups excluding carboxylic acids is 1. The molecule has 5 aromatic rings. The molecule has 9 heteroatoms. The van der Waals surface area contributed by atoms with E-state index in [1.807, 2.05) is 36.1 Å². The molecule has 228 valence electrons. The predicted octanol–water partition coefficient (Wildman–Crippen LogP) is 6.32. The van der Waals surface area contributed by atoms with Crippen LogP contribution in [-0.2, 0) is 16.0 Å². The number of hydrogen-bond acceptors (Lipinski definition) is 6. The highest BCUT2D eigenvalue weighted by Gasteiger charge is 2.39. The lowest BCUT2D eigenvalue weighted by atomic mass is 9.80. The van der Waals surface area contributed by atoms with Crippen LogP contribution in [0.15, 0.2) is 54.7 Å². The van der Waals surface area contributed by atoms with E-state index in [-0.39, 0.29) is 11.6 Å². The molecule has 2 fully saturated rings. The Kier molecular flexibility index (Phi) is 6.86. The van der Waals surface area contributed by atoms with Crippen LogP contribution in [0.5, 0.6) is 0 Å². The summed E-state index contributed by atoms with van der Waals surface area (Å²) in [5, 5.41) is 11.9. The zero-order valence-electron chi connectivity index (χ0n) is 25.3. The first kappa shape index (κ1) is 27.9. The first-order chi connectivity index (χ1) is 22.0. The van der Waals surface area contributed by atoms with Crippen LogP contribution >= 0.6 is 0 Å². The molecule has 0 spiro atoms. The summed E-state index contributed by atoms with van der Waals surface area (Å²) in [5.41, 5.74) is 8.58. The van der Waals surface area contributed by atoms with Crippen LogP contribution in [0.4, 0.5) is 0 Å². The number of nitrogens with zero attached hydrogens (tertiary/aromatic N) is 5. The van der Waals surface area contributed by atoms with E-state index < -0.39 is 12.0 Å². The molecule has 1 aromatic carbocycles. The molecule has 8 rings (SSSR count). The minimum absolute atomic E-state index is 0.0126. The van der Waals surface area contributed by atoms with Gasteiger partial charge < -0.3 is 19.3 Å². The molecule has 3 aliphatic rings. The van der Waals surface area contributed by atoms with E-state index in [1.54, 1.807) is 12.3 Å². The second-order valence-electron chi connectivity index (χ2n) is 12.6. The molecular weight excluding hydrogens is 566 g/mol. The molecule has 9 nitrogen and oxygen atoms in total. The lowest BCUT2D eigenvalue weighted by Crippen LogP contribution is -2.45. The maximum absolute atomic E-state index is 14.5. The first-order valence-electron chi connectivity index (χ1n) is 16.0. The summed E-state index contributed by atoms with van der Waals surface area (Å²) in [5.74, 6) is -0.746. The molecule has 1 aliphatic carbocycles. The number of carboxylic acids is 1. The molecule has 0 bridgehead atoms. The van der Waals surface area contributed by atoms with Gasteiger partial charge in [0.05, 0.1) is 35.8 Å². The van der Waals surface area contributed by atoms with Gasteiger partial charge in [0, 0.05) is 42.0 Å². The smallest absolute Gasteiger partial charge is 0.354 e. The van der Waals surface area contributed by atoms with E-state index >= 15 is 0 Å². The van der Waals surface area contributed by atoms with Crippen LogP contribution in [0.3, 0.4) is 0 Å². The van der Waals surface area contributed by atoms with Crippen LogP contribution < -0.4 is 0 Å². The largest absolute Gasteiger partial charge is 0.477 e. The number of carbonyl (C=O) groups is 2. The molecule has 1 saturated carbocycles. The average molecular weight is 602 g/mol. The van der Waals surface area contributed by atoms with Crippen molar-refractivity contribution < 1.29 is 19.4 Å². The van der Waals surface area contributed by atoms with E-state index in [0.29, 0.717) is 44.3 Å². The van der Waals surface area contributed by atoms with E-state index in [0.717, 1.165) is 75.7 Å². The van der Waals surface area contributed by atoms with Gasteiger partial charge in [0.2, 0.25) is 5.91 Å². The Morgan fingerprint density at radius 3 is 2.49 bits per heavy atom. The van der Waals surface area contributed by atoms with Crippen molar-refractivity contribution in [2.24, 2.45) is 0 Å². The molecule has 2 aliphatic heterocycles. The number of ether oxygens (including phenoxy) is 1. The highest BCUT2D eigenvalue weighted by Crippen LogP contribution is 2.50. The zero-order valence-corrected chi connectivity index (χ0v) is 25.3. The summed E-state index contributed by atoms with van der Waals surface area (Å²) >= 11 is 0. The van der Waals surface area contributed by atoms with Crippen LogP contribution in [0.25, 0.3) is 44.6 Å². The number of amides is 1. The zero-order chi connectivity index (χ0) is 30.7. The van der Waals surface area contributed by atoms with E-state index in [4.69, 9.17) is 14.7 Å². The number of carboxylic acid groups (broad SMARTS) is 1. The lowest BCUT2D eigenvalue weighted by molar-refractivity contribution is -0.138. The number of rotatable bonds is 4. The van der Waals surface area contributed by atoms with Crippen molar-refractivity contribution >= 4 is 33.8 Å². The molecule has 0 radical (unpaired) electrons. The van der Waals surface area contributed by atoms with Crippen molar-refractivity contribution in [3.05, 3.63) is 77.1 Å². The number of benzene rings is 1. The van der Waals surface area contributed by atoms with Crippen molar-refractivity contribution in [1.29, 1.82) is 0 Å². The van der Waals surface area contributed by atoms with Gasteiger partial charge in [-0.3, -0.25) is 9.78 Å². The number of morpholine rings is 1. The van der Waals surface area contributed by atoms with Crippen molar-refractivity contribution in [2.75, 3.05) is 26.3 Å². The van der Waals surface area contributed by atoms with Crippen molar-refractivity contribution in [3.63, 3.8) is 0 Å². The number of pyridine rings is 3. The van der Waals surface area contributed by atoms with Crippen LogP contribution in [0.2, 0.25) is 0 Å². The summed E-state index contributed by atoms with van der Waals surface area (Å²) in [4.78, 5) is 42.8. The molecule has 6 heterocycles. The molecule has 1 atom stereocenters. The summed E-state index contributed by atoms with van der Waals surface area (Å²) < 4.78 is 7.66. The Bertz CT molecular complexity index is 1990. The van der Waals surface area contributed by atoms with Crippen LogP contribution in [0, 0.1) is 6.92 Å².